The molecule has 0 unspecified atom stereocenters. The summed E-state index contributed by atoms with van der Waals surface area (Å²) in [5.41, 5.74) is 0. The van der Waals surface area contributed by atoms with E-state index in [1.807, 2.05) is 6.92 Å². The van der Waals surface area contributed by atoms with Gasteiger partial charge in [-0.2, -0.15) is 0 Å². The Bertz CT molecular complexity index is 269. The zero-order valence-corrected chi connectivity index (χ0v) is 6.79. The third-order valence-electron chi connectivity index (χ3n) is 1.31. The molecule has 5 nitrogen and oxygen atoms in total. The molecular weight excluding hydrogens is 158 g/mol. The van der Waals surface area contributed by atoms with Gasteiger partial charge in [0, 0.05) is 6.54 Å². The van der Waals surface area contributed by atoms with Gasteiger partial charge in [0.15, 0.2) is 5.82 Å². The average molecular weight is 169 g/mol. The molecule has 0 aliphatic heterocycles. The first-order chi connectivity index (χ1) is 5.74. The van der Waals surface area contributed by atoms with Gasteiger partial charge < -0.3 is 15.4 Å². The van der Waals surface area contributed by atoms with Crippen LogP contribution in [0.3, 0.4) is 0 Å². The zero-order chi connectivity index (χ0) is 8.97. The van der Waals surface area contributed by atoms with Gasteiger partial charge in [-0.25, -0.2) is 4.98 Å². The van der Waals surface area contributed by atoms with Gasteiger partial charge in [-0.05, 0) is 6.42 Å². The molecule has 0 fully saturated rings. The fraction of sp³-hybridized carbons (Fsp3) is 0.429. The number of hydrogen-bond donors (Lipinski definition) is 3. The molecule has 0 radical (unpaired) electrons. The molecule has 0 atom stereocenters. The molecule has 0 bridgehead atoms. The molecule has 0 saturated heterocycles. The Morgan fingerprint density at radius 3 is 3.08 bits per heavy atom. The molecule has 1 aromatic rings. The van der Waals surface area contributed by atoms with Crippen molar-refractivity contribution in [2.24, 2.45) is 0 Å². The van der Waals surface area contributed by atoms with Crippen molar-refractivity contribution >= 4 is 5.91 Å². The third kappa shape index (κ3) is 1.98. The molecular formula is C7H11N3O2. The van der Waals surface area contributed by atoms with Gasteiger partial charge in [0.2, 0.25) is 5.88 Å². The van der Waals surface area contributed by atoms with Gasteiger partial charge >= 0.3 is 0 Å². The van der Waals surface area contributed by atoms with Crippen LogP contribution in [0, 0.1) is 0 Å². The van der Waals surface area contributed by atoms with Gasteiger partial charge in [0.1, 0.15) is 0 Å². The third-order valence-corrected chi connectivity index (χ3v) is 1.31. The fourth-order valence-electron chi connectivity index (χ4n) is 0.749. The van der Waals surface area contributed by atoms with Crippen molar-refractivity contribution in [1.29, 1.82) is 0 Å². The van der Waals surface area contributed by atoms with Crippen LogP contribution in [-0.4, -0.2) is 27.5 Å². The number of aromatic hydroxyl groups is 1. The van der Waals surface area contributed by atoms with Crippen molar-refractivity contribution in [3.8, 4) is 5.88 Å². The van der Waals surface area contributed by atoms with E-state index in [-0.39, 0.29) is 17.6 Å². The maximum absolute atomic E-state index is 11.1. The monoisotopic (exact) mass is 169 g/mol. The number of hydrogen-bond acceptors (Lipinski definition) is 3. The highest BCUT2D eigenvalue weighted by molar-refractivity contribution is 5.90. The Kier molecular flexibility index (Phi) is 2.68. The minimum atomic E-state index is -0.294. The van der Waals surface area contributed by atoms with E-state index in [4.69, 9.17) is 5.11 Å². The number of carbonyl (C=O) groups is 1. The summed E-state index contributed by atoms with van der Waals surface area (Å²) in [6, 6.07) is 0. The second-order valence-corrected chi connectivity index (χ2v) is 2.37. The molecule has 1 amide bonds. The quantitative estimate of drug-likeness (QED) is 0.607. The molecule has 0 aliphatic rings. The second-order valence-electron chi connectivity index (χ2n) is 2.37. The zero-order valence-electron chi connectivity index (χ0n) is 6.79. The van der Waals surface area contributed by atoms with E-state index < -0.39 is 0 Å². The first-order valence-corrected chi connectivity index (χ1v) is 3.76. The summed E-state index contributed by atoms with van der Waals surface area (Å²) in [6.45, 7) is 2.57. The summed E-state index contributed by atoms with van der Waals surface area (Å²) in [4.78, 5) is 17.2. The standard InChI is InChI=1S/C7H11N3O2/c1-2-3-8-7(12)6-9-4-5(11)10-6/h4,11H,2-3H2,1H3,(H,8,12)(H,9,10). The van der Waals surface area contributed by atoms with Gasteiger partial charge in [-0.3, -0.25) is 4.79 Å². The highest BCUT2D eigenvalue weighted by atomic mass is 16.3. The summed E-state index contributed by atoms with van der Waals surface area (Å²) in [5, 5.41) is 11.4. The summed E-state index contributed by atoms with van der Waals surface area (Å²) < 4.78 is 0. The molecule has 0 aliphatic carbocycles. The van der Waals surface area contributed by atoms with Crippen LogP contribution >= 0.6 is 0 Å². The topological polar surface area (TPSA) is 78.0 Å². The Labute approximate surface area is 69.8 Å². The van der Waals surface area contributed by atoms with Crippen LogP contribution in [0.5, 0.6) is 5.88 Å². The van der Waals surface area contributed by atoms with Crippen molar-refractivity contribution < 1.29 is 9.90 Å². The average Bonchev–Trinajstić information content (AvgIpc) is 2.47. The number of nitrogens with one attached hydrogen (secondary N) is 2. The van der Waals surface area contributed by atoms with Crippen LogP contribution in [0.2, 0.25) is 0 Å². The molecule has 0 saturated carbocycles. The van der Waals surface area contributed by atoms with Crippen LogP contribution in [0.1, 0.15) is 24.0 Å². The van der Waals surface area contributed by atoms with Crippen LogP contribution < -0.4 is 5.32 Å². The van der Waals surface area contributed by atoms with Crippen molar-refractivity contribution in [2.75, 3.05) is 6.54 Å². The lowest BCUT2D eigenvalue weighted by atomic mass is 10.4. The first-order valence-electron chi connectivity index (χ1n) is 3.76. The normalized spacial score (nSPS) is 9.75. The largest absolute Gasteiger partial charge is 0.493 e. The van der Waals surface area contributed by atoms with E-state index >= 15 is 0 Å². The van der Waals surface area contributed by atoms with Gasteiger partial charge in [0.25, 0.3) is 5.91 Å². The maximum Gasteiger partial charge on any atom is 0.287 e. The number of amides is 1. The number of aromatic nitrogens is 2. The first kappa shape index (κ1) is 8.58. The number of H-pyrrole nitrogens is 1. The van der Waals surface area contributed by atoms with E-state index in [9.17, 15) is 4.79 Å². The molecule has 66 valence electrons. The lowest BCUT2D eigenvalue weighted by molar-refractivity contribution is 0.0943. The van der Waals surface area contributed by atoms with Crippen LogP contribution in [-0.2, 0) is 0 Å². The Morgan fingerprint density at radius 2 is 2.58 bits per heavy atom. The molecule has 1 heterocycles. The Morgan fingerprint density at radius 1 is 1.83 bits per heavy atom. The van der Waals surface area contributed by atoms with Crippen molar-refractivity contribution in [2.45, 2.75) is 13.3 Å². The summed E-state index contributed by atoms with van der Waals surface area (Å²) in [6.07, 6.45) is 2.07. The van der Waals surface area contributed by atoms with Crippen molar-refractivity contribution in [1.82, 2.24) is 15.3 Å². The molecule has 5 heteroatoms. The molecule has 1 aromatic heterocycles. The van der Waals surface area contributed by atoms with Crippen molar-refractivity contribution in [3.05, 3.63) is 12.0 Å². The molecule has 0 aromatic carbocycles. The number of aromatic amines is 1. The van der Waals surface area contributed by atoms with E-state index in [0.29, 0.717) is 6.54 Å². The summed E-state index contributed by atoms with van der Waals surface area (Å²) >= 11 is 0. The highest BCUT2D eigenvalue weighted by Gasteiger charge is 2.07. The molecule has 3 N–H and O–H groups in total. The smallest absolute Gasteiger partial charge is 0.287 e. The molecule has 1 rings (SSSR count). The second kappa shape index (κ2) is 3.75. The number of imidazole rings is 1. The van der Waals surface area contributed by atoms with Gasteiger partial charge in [0.05, 0.1) is 6.20 Å². The molecule has 12 heavy (non-hydrogen) atoms. The summed E-state index contributed by atoms with van der Waals surface area (Å²) in [7, 11) is 0. The Balaban J connectivity index is 2.53. The number of carbonyl (C=O) groups excluding carboxylic acids is 1. The van der Waals surface area contributed by atoms with Crippen LogP contribution in [0.15, 0.2) is 6.20 Å². The maximum atomic E-state index is 11.1. The van der Waals surface area contributed by atoms with Crippen LogP contribution in [0.25, 0.3) is 0 Å². The predicted octanol–water partition coefficient (Wildman–Crippen LogP) is 0.255. The van der Waals surface area contributed by atoms with Crippen molar-refractivity contribution in [3.63, 3.8) is 0 Å². The number of nitrogens with zero attached hydrogens (tertiary/aromatic N) is 1. The highest BCUT2D eigenvalue weighted by Crippen LogP contribution is 2.01. The minimum Gasteiger partial charge on any atom is -0.493 e. The van der Waals surface area contributed by atoms with Gasteiger partial charge in [-0.15, -0.1) is 0 Å². The lowest BCUT2D eigenvalue weighted by Gasteiger charge is -1.98. The molecule has 0 spiro atoms. The minimum absolute atomic E-state index is 0.100. The van der Waals surface area contributed by atoms with E-state index in [0.717, 1.165) is 6.42 Å². The fourth-order valence-corrected chi connectivity index (χ4v) is 0.749. The van der Waals surface area contributed by atoms with E-state index in [1.54, 1.807) is 0 Å². The Hall–Kier alpha value is -1.52. The van der Waals surface area contributed by atoms with Crippen LogP contribution in [0.4, 0.5) is 0 Å². The van der Waals surface area contributed by atoms with E-state index in [1.165, 1.54) is 6.20 Å². The van der Waals surface area contributed by atoms with E-state index in [2.05, 4.69) is 15.3 Å². The lowest BCUT2D eigenvalue weighted by Crippen LogP contribution is -2.24. The predicted molar refractivity (Wildman–Crippen MR) is 42.9 cm³/mol. The van der Waals surface area contributed by atoms with Gasteiger partial charge in [-0.1, -0.05) is 6.92 Å². The number of rotatable bonds is 3. The SMILES string of the molecule is CCCNC(=O)c1ncc(O)[nH]1. The summed E-state index contributed by atoms with van der Waals surface area (Å²) in [5.74, 6) is -0.255.